The Hall–Kier alpha value is -2.52. The van der Waals surface area contributed by atoms with Gasteiger partial charge in [-0.25, -0.2) is 0 Å². The average molecular weight is 293 g/mol. The Bertz CT molecular complexity index is 765. The second-order valence-electron chi connectivity index (χ2n) is 5.14. The number of hydrogen-bond acceptors (Lipinski definition) is 3. The molecule has 0 aliphatic carbocycles. The molecule has 3 aromatic carbocycles. The van der Waals surface area contributed by atoms with E-state index in [-0.39, 0.29) is 6.04 Å². The fourth-order valence-corrected chi connectivity index (χ4v) is 2.58. The molecule has 22 heavy (non-hydrogen) atoms. The van der Waals surface area contributed by atoms with Crippen LogP contribution in [-0.4, -0.2) is 13.7 Å². The molecule has 3 nitrogen and oxygen atoms in total. The maximum absolute atomic E-state index is 6.33. The Balaban J connectivity index is 1.80. The highest BCUT2D eigenvalue weighted by molar-refractivity contribution is 5.86. The second-order valence-corrected chi connectivity index (χ2v) is 5.14. The van der Waals surface area contributed by atoms with Gasteiger partial charge in [-0.15, -0.1) is 0 Å². The van der Waals surface area contributed by atoms with Crippen LogP contribution in [0, 0.1) is 0 Å². The van der Waals surface area contributed by atoms with E-state index in [0.29, 0.717) is 18.1 Å². The van der Waals surface area contributed by atoms with Crippen LogP contribution in [0.25, 0.3) is 10.8 Å². The molecule has 0 aliphatic heterocycles. The van der Waals surface area contributed by atoms with Crippen molar-refractivity contribution in [3.63, 3.8) is 0 Å². The summed E-state index contributed by atoms with van der Waals surface area (Å²) >= 11 is 0. The van der Waals surface area contributed by atoms with Crippen LogP contribution in [0.3, 0.4) is 0 Å². The van der Waals surface area contributed by atoms with Crippen molar-refractivity contribution in [2.75, 3.05) is 13.7 Å². The molecule has 0 fully saturated rings. The van der Waals surface area contributed by atoms with Crippen molar-refractivity contribution in [1.82, 2.24) is 0 Å². The summed E-state index contributed by atoms with van der Waals surface area (Å²) in [6.45, 7) is 0.397. The van der Waals surface area contributed by atoms with Gasteiger partial charge in [-0.05, 0) is 28.5 Å². The van der Waals surface area contributed by atoms with Crippen LogP contribution in [0.1, 0.15) is 11.6 Å². The molecule has 3 aromatic rings. The summed E-state index contributed by atoms with van der Waals surface area (Å²) in [6, 6.07) is 21.8. The monoisotopic (exact) mass is 293 g/mol. The summed E-state index contributed by atoms with van der Waals surface area (Å²) in [6.07, 6.45) is 0. The van der Waals surface area contributed by atoms with E-state index in [4.69, 9.17) is 15.2 Å². The van der Waals surface area contributed by atoms with Gasteiger partial charge in [0.25, 0.3) is 0 Å². The van der Waals surface area contributed by atoms with Crippen molar-refractivity contribution >= 4 is 10.8 Å². The van der Waals surface area contributed by atoms with Gasteiger partial charge in [-0.1, -0.05) is 54.6 Å². The molecule has 0 aliphatic rings. The minimum absolute atomic E-state index is 0.198. The first-order valence-electron chi connectivity index (χ1n) is 7.28. The van der Waals surface area contributed by atoms with Crippen LogP contribution in [0.15, 0.2) is 66.7 Å². The zero-order valence-corrected chi connectivity index (χ0v) is 12.5. The fraction of sp³-hybridized carbons (Fsp3) is 0.158. The third-order valence-electron chi connectivity index (χ3n) is 3.71. The standard InChI is InChI=1S/C19H19NO2/c1-21-18-11-4-5-12-19(18)22-13-17(20)16-10-6-8-14-7-2-3-9-15(14)16/h2-12,17H,13,20H2,1H3. The first-order valence-corrected chi connectivity index (χ1v) is 7.28. The van der Waals surface area contributed by atoms with E-state index in [1.54, 1.807) is 7.11 Å². The Morgan fingerprint density at radius 2 is 1.55 bits per heavy atom. The Morgan fingerprint density at radius 3 is 2.36 bits per heavy atom. The molecule has 0 amide bonds. The van der Waals surface area contributed by atoms with Gasteiger partial charge in [0.05, 0.1) is 13.2 Å². The first kappa shape index (κ1) is 14.4. The molecule has 1 atom stereocenters. The molecule has 2 N–H and O–H groups in total. The summed E-state index contributed by atoms with van der Waals surface area (Å²) in [5.41, 5.74) is 7.43. The van der Waals surface area contributed by atoms with Crippen LogP contribution < -0.4 is 15.2 Å². The molecule has 0 bridgehead atoms. The van der Waals surface area contributed by atoms with Gasteiger partial charge in [-0.3, -0.25) is 0 Å². The molecule has 1 unspecified atom stereocenters. The predicted molar refractivity (Wildman–Crippen MR) is 89.4 cm³/mol. The Morgan fingerprint density at radius 1 is 0.864 bits per heavy atom. The number of nitrogens with two attached hydrogens (primary N) is 1. The quantitative estimate of drug-likeness (QED) is 0.775. The van der Waals surface area contributed by atoms with Gasteiger partial charge in [-0.2, -0.15) is 0 Å². The Kier molecular flexibility index (Phi) is 4.26. The highest BCUT2D eigenvalue weighted by atomic mass is 16.5. The number of methoxy groups -OCH3 is 1. The van der Waals surface area contributed by atoms with Gasteiger partial charge in [0, 0.05) is 0 Å². The molecular formula is C19H19NO2. The highest BCUT2D eigenvalue weighted by Gasteiger charge is 2.12. The lowest BCUT2D eigenvalue weighted by atomic mass is 10.00. The lowest BCUT2D eigenvalue weighted by molar-refractivity contribution is 0.274. The largest absolute Gasteiger partial charge is 0.493 e. The average Bonchev–Trinajstić information content (AvgIpc) is 2.59. The normalized spacial score (nSPS) is 12.1. The van der Waals surface area contributed by atoms with Gasteiger partial charge in [0.1, 0.15) is 6.61 Å². The van der Waals surface area contributed by atoms with E-state index in [2.05, 4.69) is 24.3 Å². The van der Waals surface area contributed by atoms with E-state index in [1.165, 1.54) is 10.8 Å². The molecule has 3 heteroatoms. The third-order valence-corrected chi connectivity index (χ3v) is 3.71. The van der Waals surface area contributed by atoms with Gasteiger partial charge >= 0.3 is 0 Å². The molecule has 0 radical (unpaired) electrons. The fourth-order valence-electron chi connectivity index (χ4n) is 2.58. The molecule has 0 saturated carbocycles. The van der Waals surface area contributed by atoms with Crippen molar-refractivity contribution in [1.29, 1.82) is 0 Å². The predicted octanol–water partition coefficient (Wildman–Crippen LogP) is 3.93. The van der Waals surface area contributed by atoms with Gasteiger partial charge < -0.3 is 15.2 Å². The first-order chi connectivity index (χ1) is 10.8. The van der Waals surface area contributed by atoms with Crippen molar-refractivity contribution < 1.29 is 9.47 Å². The maximum Gasteiger partial charge on any atom is 0.161 e. The Labute approximate surface area is 130 Å². The minimum Gasteiger partial charge on any atom is -0.493 e. The van der Waals surface area contributed by atoms with Crippen molar-refractivity contribution in [2.24, 2.45) is 5.73 Å². The van der Waals surface area contributed by atoms with Crippen LogP contribution in [0.4, 0.5) is 0 Å². The number of fused-ring (bicyclic) bond motifs is 1. The summed E-state index contributed by atoms with van der Waals surface area (Å²) in [7, 11) is 1.63. The zero-order valence-electron chi connectivity index (χ0n) is 12.5. The van der Waals surface area contributed by atoms with Crippen LogP contribution in [0.5, 0.6) is 11.5 Å². The molecule has 3 rings (SSSR count). The van der Waals surface area contributed by atoms with E-state index in [9.17, 15) is 0 Å². The SMILES string of the molecule is COc1ccccc1OCC(N)c1cccc2ccccc12. The second kappa shape index (κ2) is 6.50. The molecule has 0 aromatic heterocycles. The van der Waals surface area contributed by atoms with Gasteiger partial charge in [0.15, 0.2) is 11.5 Å². The zero-order chi connectivity index (χ0) is 15.4. The molecule has 0 spiro atoms. The number of hydrogen-bond donors (Lipinski definition) is 1. The van der Waals surface area contributed by atoms with E-state index in [0.717, 1.165) is 5.56 Å². The molecule has 0 saturated heterocycles. The number of ether oxygens (including phenoxy) is 2. The third kappa shape index (κ3) is 2.90. The van der Waals surface area contributed by atoms with E-state index < -0.39 is 0 Å². The molecule has 112 valence electrons. The summed E-state index contributed by atoms with van der Waals surface area (Å²) in [4.78, 5) is 0. The maximum atomic E-state index is 6.33. The number of benzene rings is 3. The molecular weight excluding hydrogens is 274 g/mol. The van der Waals surface area contributed by atoms with Crippen molar-refractivity contribution in [3.05, 3.63) is 72.3 Å². The summed E-state index contributed by atoms with van der Waals surface area (Å²) in [5, 5.41) is 2.36. The highest BCUT2D eigenvalue weighted by Crippen LogP contribution is 2.28. The number of rotatable bonds is 5. The summed E-state index contributed by atoms with van der Waals surface area (Å²) < 4.78 is 11.1. The summed E-state index contributed by atoms with van der Waals surface area (Å²) in [5.74, 6) is 1.42. The lowest BCUT2D eigenvalue weighted by Gasteiger charge is -2.17. The molecule has 0 heterocycles. The van der Waals surface area contributed by atoms with Crippen molar-refractivity contribution in [2.45, 2.75) is 6.04 Å². The van der Waals surface area contributed by atoms with Gasteiger partial charge in [0.2, 0.25) is 0 Å². The van der Waals surface area contributed by atoms with Crippen LogP contribution >= 0.6 is 0 Å². The lowest BCUT2D eigenvalue weighted by Crippen LogP contribution is -2.19. The topological polar surface area (TPSA) is 44.5 Å². The van der Waals surface area contributed by atoms with Crippen molar-refractivity contribution in [3.8, 4) is 11.5 Å². The van der Waals surface area contributed by atoms with Crippen LogP contribution in [-0.2, 0) is 0 Å². The smallest absolute Gasteiger partial charge is 0.161 e. The number of para-hydroxylation sites is 2. The van der Waals surface area contributed by atoms with Crippen LogP contribution in [0.2, 0.25) is 0 Å². The van der Waals surface area contributed by atoms with E-state index in [1.807, 2.05) is 42.5 Å². The van der Waals surface area contributed by atoms with E-state index >= 15 is 0 Å². The minimum atomic E-state index is -0.198.